The van der Waals surface area contributed by atoms with Crippen LogP contribution in [0, 0.1) is 0 Å². The summed E-state index contributed by atoms with van der Waals surface area (Å²) < 4.78 is 0. The first kappa shape index (κ1) is 7.88. The summed E-state index contributed by atoms with van der Waals surface area (Å²) in [5.41, 5.74) is 4.83. The van der Waals surface area contributed by atoms with Gasteiger partial charge in [-0.25, -0.2) is 0 Å². The average molecular weight is 119 g/mol. The smallest absolute Gasteiger partial charge is 0.219 e. The molecule has 0 radical (unpaired) electrons. The SMILES string of the molecule is CCCCC(N)(O)O. The van der Waals surface area contributed by atoms with Gasteiger partial charge < -0.3 is 10.2 Å². The molecule has 3 nitrogen and oxygen atoms in total. The van der Waals surface area contributed by atoms with Gasteiger partial charge in [-0.15, -0.1) is 0 Å². The third kappa shape index (κ3) is 5.88. The second-order valence-electron chi connectivity index (χ2n) is 1.98. The second kappa shape index (κ2) is 3.02. The Balaban J connectivity index is 3.11. The Hall–Kier alpha value is -0.120. The van der Waals surface area contributed by atoms with E-state index in [2.05, 4.69) is 0 Å². The molecule has 0 aromatic rings. The minimum atomic E-state index is -1.95. The molecule has 50 valence electrons. The molecule has 0 unspecified atom stereocenters. The molecule has 4 N–H and O–H groups in total. The molecular formula is C5H13NO2. The molecule has 0 spiro atoms. The highest BCUT2D eigenvalue weighted by molar-refractivity contribution is 4.51. The van der Waals surface area contributed by atoms with E-state index in [1.165, 1.54) is 0 Å². The van der Waals surface area contributed by atoms with Crippen molar-refractivity contribution in [2.75, 3.05) is 0 Å². The highest BCUT2D eigenvalue weighted by Gasteiger charge is 2.12. The lowest BCUT2D eigenvalue weighted by Gasteiger charge is -2.13. The van der Waals surface area contributed by atoms with Crippen LogP contribution in [0.25, 0.3) is 0 Å². The maximum atomic E-state index is 8.48. The Bertz CT molecular complexity index is 57.9. The van der Waals surface area contributed by atoms with Crippen LogP contribution in [0.2, 0.25) is 0 Å². The fourth-order valence-corrected chi connectivity index (χ4v) is 0.437. The van der Waals surface area contributed by atoms with Crippen molar-refractivity contribution in [3.05, 3.63) is 0 Å². The van der Waals surface area contributed by atoms with Gasteiger partial charge in [0.25, 0.3) is 0 Å². The van der Waals surface area contributed by atoms with Crippen LogP contribution < -0.4 is 5.73 Å². The lowest BCUT2D eigenvalue weighted by Crippen LogP contribution is -2.38. The van der Waals surface area contributed by atoms with Crippen molar-refractivity contribution in [1.82, 2.24) is 0 Å². The summed E-state index contributed by atoms with van der Waals surface area (Å²) in [6.45, 7) is 1.96. The van der Waals surface area contributed by atoms with Gasteiger partial charge in [-0.05, 0) is 6.42 Å². The third-order valence-corrected chi connectivity index (χ3v) is 0.898. The number of aliphatic hydroxyl groups is 2. The lowest BCUT2D eigenvalue weighted by atomic mass is 10.2. The van der Waals surface area contributed by atoms with Gasteiger partial charge in [-0.2, -0.15) is 0 Å². The van der Waals surface area contributed by atoms with Crippen molar-refractivity contribution in [1.29, 1.82) is 0 Å². The molecule has 8 heavy (non-hydrogen) atoms. The summed E-state index contributed by atoms with van der Waals surface area (Å²) in [5.74, 6) is -1.95. The highest BCUT2D eigenvalue weighted by Crippen LogP contribution is 2.02. The molecule has 0 aliphatic carbocycles. The van der Waals surface area contributed by atoms with Crippen LogP contribution in [0.4, 0.5) is 0 Å². The number of nitrogens with two attached hydrogens (primary N) is 1. The molecule has 0 rings (SSSR count). The van der Waals surface area contributed by atoms with Gasteiger partial charge in [-0.3, -0.25) is 5.73 Å². The van der Waals surface area contributed by atoms with Crippen LogP contribution in [0.3, 0.4) is 0 Å². The van der Waals surface area contributed by atoms with E-state index in [0.717, 1.165) is 12.8 Å². The van der Waals surface area contributed by atoms with Crippen LogP contribution >= 0.6 is 0 Å². The monoisotopic (exact) mass is 119 g/mol. The van der Waals surface area contributed by atoms with Gasteiger partial charge in [0.15, 0.2) is 0 Å². The second-order valence-corrected chi connectivity index (χ2v) is 1.98. The van der Waals surface area contributed by atoms with E-state index >= 15 is 0 Å². The topological polar surface area (TPSA) is 66.5 Å². The van der Waals surface area contributed by atoms with Gasteiger partial charge in [0.1, 0.15) is 0 Å². The largest absolute Gasteiger partial charge is 0.354 e. The first-order valence-corrected chi connectivity index (χ1v) is 2.80. The molecule has 0 heterocycles. The van der Waals surface area contributed by atoms with Crippen molar-refractivity contribution in [3.63, 3.8) is 0 Å². The van der Waals surface area contributed by atoms with Crippen molar-refractivity contribution in [2.24, 2.45) is 5.73 Å². The molecule has 0 bridgehead atoms. The Labute approximate surface area is 49.1 Å². The Morgan fingerprint density at radius 2 is 2.00 bits per heavy atom. The zero-order valence-electron chi connectivity index (χ0n) is 5.09. The standard InChI is InChI=1S/C5H13NO2/c1-2-3-4-5(6,7)8/h7-8H,2-4,6H2,1H3. The van der Waals surface area contributed by atoms with Gasteiger partial charge in [0.2, 0.25) is 5.91 Å². The maximum absolute atomic E-state index is 8.48. The lowest BCUT2D eigenvalue weighted by molar-refractivity contribution is -0.160. The first-order valence-electron chi connectivity index (χ1n) is 2.80. The highest BCUT2D eigenvalue weighted by atomic mass is 16.5. The summed E-state index contributed by atoms with van der Waals surface area (Å²) in [6.07, 6.45) is 1.94. The number of hydrogen-bond donors (Lipinski definition) is 3. The number of rotatable bonds is 3. The molecule has 0 amide bonds. The molecule has 0 aromatic heterocycles. The van der Waals surface area contributed by atoms with Crippen LogP contribution in [0.15, 0.2) is 0 Å². The van der Waals surface area contributed by atoms with Crippen molar-refractivity contribution in [2.45, 2.75) is 32.1 Å². The first-order chi connectivity index (χ1) is 3.56. The van der Waals surface area contributed by atoms with Crippen LogP contribution in [0.1, 0.15) is 26.2 Å². The fraction of sp³-hybridized carbons (Fsp3) is 1.00. The normalized spacial score (nSPS) is 12.0. The zero-order valence-corrected chi connectivity index (χ0v) is 5.09. The van der Waals surface area contributed by atoms with Gasteiger partial charge in [-0.1, -0.05) is 13.3 Å². The van der Waals surface area contributed by atoms with E-state index in [1.54, 1.807) is 0 Å². The van der Waals surface area contributed by atoms with Crippen LogP contribution in [-0.4, -0.2) is 16.1 Å². The Kier molecular flexibility index (Phi) is 2.97. The summed E-state index contributed by atoms with van der Waals surface area (Å²) >= 11 is 0. The van der Waals surface area contributed by atoms with Crippen LogP contribution in [0.5, 0.6) is 0 Å². The van der Waals surface area contributed by atoms with Crippen molar-refractivity contribution < 1.29 is 10.2 Å². The maximum Gasteiger partial charge on any atom is 0.219 e. The van der Waals surface area contributed by atoms with E-state index in [-0.39, 0.29) is 6.42 Å². The minimum absolute atomic E-state index is 0.253. The molecule has 0 aliphatic rings. The molecule has 0 saturated heterocycles. The third-order valence-electron chi connectivity index (χ3n) is 0.898. The molecular weight excluding hydrogens is 106 g/mol. The molecule has 0 aromatic carbocycles. The molecule has 3 heteroatoms. The predicted molar refractivity (Wildman–Crippen MR) is 30.9 cm³/mol. The quantitative estimate of drug-likeness (QED) is 0.450. The van der Waals surface area contributed by atoms with Crippen LogP contribution in [-0.2, 0) is 0 Å². The Morgan fingerprint density at radius 3 is 2.12 bits per heavy atom. The van der Waals surface area contributed by atoms with E-state index < -0.39 is 5.91 Å². The number of unbranched alkanes of at least 4 members (excludes halogenated alkanes) is 1. The summed E-state index contributed by atoms with van der Waals surface area (Å²) in [7, 11) is 0. The van der Waals surface area contributed by atoms with E-state index in [4.69, 9.17) is 15.9 Å². The number of hydrogen-bond acceptors (Lipinski definition) is 3. The van der Waals surface area contributed by atoms with Gasteiger partial charge in [0.05, 0.1) is 0 Å². The van der Waals surface area contributed by atoms with E-state index in [9.17, 15) is 0 Å². The molecule has 0 aliphatic heterocycles. The summed E-state index contributed by atoms with van der Waals surface area (Å²) in [5, 5.41) is 17.0. The van der Waals surface area contributed by atoms with Gasteiger partial charge in [0, 0.05) is 6.42 Å². The van der Waals surface area contributed by atoms with E-state index in [0.29, 0.717) is 0 Å². The fourth-order valence-electron chi connectivity index (χ4n) is 0.437. The molecule has 0 fully saturated rings. The average Bonchev–Trinajstić information content (AvgIpc) is 1.59. The molecule has 0 atom stereocenters. The van der Waals surface area contributed by atoms with E-state index in [1.807, 2.05) is 6.92 Å². The van der Waals surface area contributed by atoms with Crippen molar-refractivity contribution >= 4 is 0 Å². The summed E-state index contributed by atoms with van der Waals surface area (Å²) in [4.78, 5) is 0. The predicted octanol–water partition coefficient (Wildman–Crippen LogP) is -0.226. The van der Waals surface area contributed by atoms with Gasteiger partial charge >= 0.3 is 0 Å². The zero-order chi connectivity index (χ0) is 6.62. The molecule has 0 saturated carbocycles. The minimum Gasteiger partial charge on any atom is -0.354 e. The van der Waals surface area contributed by atoms with Crippen molar-refractivity contribution in [3.8, 4) is 0 Å². The summed E-state index contributed by atoms with van der Waals surface area (Å²) in [6, 6.07) is 0. The Morgan fingerprint density at radius 1 is 1.50 bits per heavy atom.